The normalized spacial score (nSPS) is 15.6. The Morgan fingerprint density at radius 2 is 2.00 bits per heavy atom. The molecule has 1 aliphatic carbocycles. The highest BCUT2D eigenvalue weighted by atomic mass is 32.2. The lowest BCUT2D eigenvalue weighted by Gasteiger charge is -2.25. The van der Waals surface area contributed by atoms with Crippen LogP contribution in [0.2, 0.25) is 0 Å². The second-order valence-electron chi connectivity index (χ2n) is 6.72. The van der Waals surface area contributed by atoms with Gasteiger partial charge in [-0.05, 0) is 45.1 Å². The van der Waals surface area contributed by atoms with Gasteiger partial charge in [0.15, 0.2) is 0 Å². The van der Waals surface area contributed by atoms with Gasteiger partial charge in [-0.15, -0.1) is 11.3 Å². The van der Waals surface area contributed by atoms with Crippen LogP contribution in [0.3, 0.4) is 0 Å². The first-order valence-corrected chi connectivity index (χ1v) is 10.4. The van der Waals surface area contributed by atoms with Crippen molar-refractivity contribution in [3.8, 4) is 0 Å². The SMILES string of the molecule is CC(C)(CNc1ncnc2sc3c(c12)CCCC3)NS(C)(=O)=O. The molecule has 0 aromatic carbocycles. The lowest BCUT2D eigenvalue weighted by Crippen LogP contribution is -2.47. The zero-order valence-electron chi connectivity index (χ0n) is 13.6. The number of nitrogens with one attached hydrogen (secondary N) is 2. The smallest absolute Gasteiger partial charge is 0.209 e. The van der Waals surface area contributed by atoms with Crippen molar-refractivity contribution in [1.82, 2.24) is 14.7 Å². The van der Waals surface area contributed by atoms with Gasteiger partial charge in [-0.2, -0.15) is 0 Å². The molecule has 0 radical (unpaired) electrons. The van der Waals surface area contributed by atoms with Crippen LogP contribution in [0.1, 0.15) is 37.1 Å². The summed E-state index contributed by atoms with van der Waals surface area (Å²) in [5.41, 5.74) is 0.772. The van der Waals surface area contributed by atoms with Gasteiger partial charge in [0, 0.05) is 17.0 Å². The number of sulfonamides is 1. The van der Waals surface area contributed by atoms with Gasteiger partial charge in [0.1, 0.15) is 17.0 Å². The molecule has 0 saturated carbocycles. The summed E-state index contributed by atoms with van der Waals surface area (Å²) in [5, 5.41) is 4.43. The maximum absolute atomic E-state index is 11.5. The number of aryl methyl sites for hydroxylation is 2. The van der Waals surface area contributed by atoms with E-state index in [1.165, 1.54) is 29.5 Å². The fourth-order valence-corrected chi connectivity index (χ4v) is 5.37. The molecule has 0 atom stereocenters. The van der Waals surface area contributed by atoms with Crippen LogP contribution in [0.4, 0.5) is 5.82 Å². The second kappa shape index (κ2) is 5.99. The van der Waals surface area contributed by atoms with E-state index in [0.29, 0.717) is 6.54 Å². The van der Waals surface area contributed by atoms with E-state index < -0.39 is 15.6 Å². The molecule has 0 fully saturated rings. The Balaban J connectivity index is 1.87. The predicted octanol–water partition coefficient (Wildman–Crippen LogP) is 2.31. The van der Waals surface area contributed by atoms with Crippen LogP contribution in [0.25, 0.3) is 10.2 Å². The van der Waals surface area contributed by atoms with Crippen molar-refractivity contribution in [3.05, 3.63) is 16.8 Å². The number of nitrogens with zero attached hydrogens (tertiary/aromatic N) is 2. The Bertz CT molecular complexity index is 827. The minimum Gasteiger partial charge on any atom is -0.368 e. The van der Waals surface area contributed by atoms with Gasteiger partial charge in [-0.3, -0.25) is 0 Å². The number of fused-ring (bicyclic) bond motifs is 3. The van der Waals surface area contributed by atoms with Gasteiger partial charge < -0.3 is 5.32 Å². The molecule has 3 rings (SSSR count). The topological polar surface area (TPSA) is 84.0 Å². The van der Waals surface area contributed by atoms with Gasteiger partial charge >= 0.3 is 0 Å². The summed E-state index contributed by atoms with van der Waals surface area (Å²) < 4.78 is 25.6. The molecule has 0 bridgehead atoms. The van der Waals surface area contributed by atoms with Gasteiger partial charge in [-0.25, -0.2) is 23.1 Å². The average molecular weight is 355 g/mol. The zero-order valence-corrected chi connectivity index (χ0v) is 15.3. The number of thiophene rings is 1. The Morgan fingerprint density at radius 3 is 2.74 bits per heavy atom. The average Bonchev–Trinajstić information content (AvgIpc) is 2.81. The molecule has 2 heterocycles. The lowest BCUT2D eigenvalue weighted by atomic mass is 9.97. The number of rotatable bonds is 5. The minimum atomic E-state index is -3.25. The number of hydrogen-bond donors (Lipinski definition) is 2. The summed E-state index contributed by atoms with van der Waals surface area (Å²) in [7, 11) is -3.25. The van der Waals surface area contributed by atoms with Gasteiger partial charge in [-0.1, -0.05) is 0 Å². The Hall–Kier alpha value is -1.25. The van der Waals surface area contributed by atoms with Crippen LogP contribution in [0.15, 0.2) is 6.33 Å². The number of anilines is 1. The van der Waals surface area contributed by atoms with Gasteiger partial charge in [0.05, 0.1) is 11.6 Å². The maximum atomic E-state index is 11.5. The van der Waals surface area contributed by atoms with Crippen molar-refractivity contribution in [2.75, 3.05) is 18.1 Å². The molecule has 0 saturated heterocycles. The van der Waals surface area contributed by atoms with Crippen LogP contribution in [-0.4, -0.2) is 36.7 Å². The van der Waals surface area contributed by atoms with Crippen LogP contribution in [0.5, 0.6) is 0 Å². The Morgan fingerprint density at radius 1 is 1.26 bits per heavy atom. The maximum Gasteiger partial charge on any atom is 0.209 e. The fraction of sp³-hybridized carbons (Fsp3) is 0.600. The van der Waals surface area contributed by atoms with E-state index in [-0.39, 0.29) is 0 Å². The molecule has 0 spiro atoms. The van der Waals surface area contributed by atoms with E-state index >= 15 is 0 Å². The van der Waals surface area contributed by atoms with Crippen LogP contribution in [0, 0.1) is 0 Å². The zero-order chi connectivity index (χ0) is 16.7. The molecule has 2 aromatic heterocycles. The molecular weight excluding hydrogens is 332 g/mol. The molecule has 8 heteroatoms. The summed E-state index contributed by atoms with van der Waals surface area (Å²) in [6.07, 6.45) is 7.38. The molecular formula is C15H22N4O2S2. The molecule has 2 aromatic rings. The van der Waals surface area contributed by atoms with E-state index in [1.54, 1.807) is 17.7 Å². The van der Waals surface area contributed by atoms with Crippen LogP contribution in [-0.2, 0) is 22.9 Å². The molecule has 2 N–H and O–H groups in total. The second-order valence-corrected chi connectivity index (χ2v) is 9.56. The number of hydrogen-bond acceptors (Lipinski definition) is 6. The summed E-state index contributed by atoms with van der Waals surface area (Å²) in [6.45, 7) is 4.15. The van der Waals surface area contributed by atoms with E-state index in [0.717, 1.165) is 28.9 Å². The molecule has 0 unspecified atom stereocenters. The van der Waals surface area contributed by atoms with Gasteiger partial charge in [0.25, 0.3) is 0 Å². The van der Waals surface area contributed by atoms with E-state index in [1.807, 2.05) is 13.8 Å². The van der Waals surface area contributed by atoms with Crippen molar-refractivity contribution in [3.63, 3.8) is 0 Å². The molecule has 1 aliphatic rings. The third kappa shape index (κ3) is 3.81. The highest BCUT2D eigenvalue weighted by Gasteiger charge is 2.24. The molecule has 0 amide bonds. The van der Waals surface area contributed by atoms with E-state index in [9.17, 15) is 8.42 Å². The summed E-state index contributed by atoms with van der Waals surface area (Å²) in [4.78, 5) is 11.2. The largest absolute Gasteiger partial charge is 0.368 e. The third-order valence-electron chi connectivity index (χ3n) is 3.91. The predicted molar refractivity (Wildman–Crippen MR) is 94.6 cm³/mol. The molecule has 23 heavy (non-hydrogen) atoms. The Labute approximate surface area is 140 Å². The molecule has 0 aliphatic heterocycles. The van der Waals surface area contributed by atoms with Crippen LogP contribution < -0.4 is 10.0 Å². The monoisotopic (exact) mass is 354 g/mol. The number of aromatic nitrogens is 2. The van der Waals surface area contributed by atoms with E-state index in [4.69, 9.17) is 0 Å². The standard InChI is InChI=1S/C15H22N4O2S2/c1-15(2,19-23(3,20)21)8-16-13-12-10-6-4-5-7-11(10)22-14(12)18-9-17-13/h9,19H,4-8H2,1-3H3,(H,16,17,18). The van der Waals surface area contributed by atoms with Crippen molar-refractivity contribution >= 4 is 37.4 Å². The van der Waals surface area contributed by atoms with Crippen molar-refractivity contribution in [2.45, 2.75) is 45.1 Å². The lowest BCUT2D eigenvalue weighted by molar-refractivity contribution is 0.476. The first-order valence-electron chi connectivity index (χ1n) is 7.73. The summed E-state index contributed by atoms with van der Waals surface area (Å²) >= 11 is 1.75. The third-order valence-corrected chi connectivity index (χ3v) is 6.03. The first kappa shape index (κ1) is 16.6. The summed E-state index contributed by atoms with van der Waals surface area (Å²) in [5.74, 6) is 0.803. The quantitative estimate of drug-likeness (QED) is 0.861. The van der Waals surface area contributed by atoms with Crippen LogP contribution >= 0.6 is 11.3 Å². The van der Waals surface area contributed by atoms with Crippen molar-refractivity contribution < 1.29 is 8.42 Å². The molecule has 6 nitrogen and oxygen atoms in total. The minimum absolute atomic E-state index is 0.455. The highest BCUT2D eigenvalue weighted by Crippen LogP contribution is 2.38. The van der Waals surface area contributed by atoms with Crippen molar-refractivity contribution in [1.29, 1.82) is 0 Å². The van der Waals surface area contributed by atoms with Gasteiger partial charge in [0.2, 0.25) is 10.0 Å². The first-order chi connectivity index (χ1) is 10.8. The molecule has 126 valence electrons. The van der Waals surface area contributed by atoms with Crippen molar-refractivity contribution in [2.24, 2.45) is 0 Å². The Kier molecular flexibility index (Phi) is 4.33. The summed E-state index contributed by atoms with van der Waals surface area (Å²) in [6, 6.07) is 0. The van der Waals surface area contributed by atoms with E-state index in [2.05, 4.69) is 20.0 Å². The fourth-order valence-electron chi connectivity index (χ4n) is 3.07. The highest BCUT2D eigenvalue weighted by molar-refractivity contribution is 7.88.